The van der Waals surface area contributed by atoms with Gasteiger partial charge in [0.05, 0.1) is 11.7 Å². The van der Waals surface area contributed by atoms with Crippen LogP contribution >= 0.6 is 0 Å². The van der Waals surface area contributed by atoms with Gasteiger partial charge in [-0.1, -0.05) is 31.5 Å². The minimum absolute atomic E-state index is 0.0191. The van der Waals surface area contributed by atoms with Crippen LogP contribution in [-0.2, 0) is 16.0 Å². The fourth-order valence-electron chi connectivity index (χ4n) is 4.11. The summed E-state index contributed by atoms with van der Waals surface area (Å²) < 4.78 is 6.26. The summed E-state index contributed by atoms with van der Waals surface area (Å²) in [6.07, 6.45) is 5.79. The molecule has 27 heavy (non-hydrogen) atoms. The first-order valence-corrected chi connectivity index (χ1v) is 10.1. The second kappa shape index (κ2) is 8.74. The van der Waals surface area contributed by atoms with E-state index in [1.807, 2.05) is 23.1 Å². The number of hydrogen-bond donors (Lipinski definition) is 2. The highest BCUT2D eigenvalue weighted by molar-refractivity contribution is 5.90. The van der Waals surface area contributed by atoms with Gasteiger partial charge in [-0.3, -0.25) is 4.79 Å². The molecule has 1 aromatic carbocycles. The van der Waals surface area contributed by atoms with Gasteiger partial charge in [-0.25, -0.2) is 4.79 Å². The topological polar surface area (TPSA) is 70.7 Å². The molecule has 2 N–H and O–H groups in total. The van der Waals surface area contributed by atoms with Crippen LogP contribution in [0.15, 0.2) is 24.3 Å². The number of carbonyl (C=O) groups excluding carboxylic acids is 2. The van der Waals surface area contributed by atoms with Crippen molar-refractivity contribution in [2.24, 2.45) is 0 Å². The number of hydrogen-bond acceptors (Lipinski definition) is 3. The highest BCUT2D eigenvalue weighted by Crippen LogP contribution is 2.38. The Morgan fingerprint density at radius 2 is 1.96 bits per heavy atom. The first kappa shape index (κ1) is 19.7. The molecule has 148 valence electrons. The molecule has 0 aromatic heterocycles. The van der Waals surface area contributed by atoms with E-state index in [2.05, 4.69) is 23.6 Å². The average Bonchev–Trinajstić information content (AvgIpc) is 3.05. The minimum Gasteiger partial charge on any atom is -0.370 e. The van der Waals surface area contributed by atoms with Crippen molar-refractivity contribution >= 4 is 17.6 Å². The van der Waals surface area contributed by atoms with E-state index < -0.39 is 0 Å². The van der Waals surface area contributed by atoms with Gasteiger partial charge in [-0.15, -0.1) is 0 Å². The summed E-state index contributed by atoms with van der Waals surface area (Å²) >= 11 is 0. The first-order valence-electron chi connectivity index (χ1n) is 10.1. The predicted molar refractivity (Wildman–Crippen MR) is 106 cm³/mol. The molecule has 0 unspecified atom stereocenters. The lowest BCUT2D eigenvalue weighted by Crippen LogP contribution is -2.48. The highest BCUT2D eigenvalue weighted by atomic mass is 16.5. The van der Waals surface area contributed by atoms with Crippen LogP contribution in [0.2, 0.25) is 0 Å². The molecule has 6 heteroatoms. The zero-order chi connectivity index (χ0) is 19.3. The number of urea groups is 1. The van der Waals surface area contributed by atoms with Gasteiger partial charge in [0.15, 0.2) is 0 Å². The molecule has 0 saturated carbocycles. The van der Waals surface area contributed by atoms with Crippen LogP contribution in [-0.4, -0.2) is 48.2 Å². The number of nitrogens with one attached hydrogen (secondary N) is 2. The summed E-state index contributed by atoms with van der Waals surface area (Å²) in [5.41, 5.74) is 1.97. The number of benzene rings is 1. The normalized spacial score (nSPS) is 21.3. The Kier molecular flexibility index (Phi) is 6.37. The quantitative estimate of drug-likeness (QED) is 0.832. The van der Waals surface area contributed by atoms with Crippen molar-refractivity contribution in [3.8, 4) is 0 Å². The second-order valence-corrected chi connectivity index (χ2v) is 7.72. The summed E-state index contributed by atoms with van der Waals surface area (Å²) in [5, 5.41) is 5.93. The molecule has 0 radical (unpaired) electrons. The van der Waals surface area contributed by atoms with Crippen LogP contribution in [0.1, 0.15) is 51.5 Å². The van der Waals surface area contributed by atoms with Gasteiger partial charge in [0.1, 0.15) is 0 Å². The molecule has 0 bridgehead atoms. The van der Waals surface area contributed by atoms with Crippen molar-refractivity contribution < 1.29 is 14.3 Å². The fourth-order valence-corrected chi connectivity index (χ4v) is 4.11. The van der Waals surface area contributed by atoms with Crippen LogP contribution in [0.3, 0.4) is 0 Å². The number of aryl methyl sites for hydroxylation is 1. The Bertz CT molecular complexity index is 668. The summed E-state index contributed by atoms with van der Waals surface area (Å²) in [7, 11) is 0. The number of ether oxygens (including phenoxy) is 1. The smallest absolute Gasteiger partial charge is 0.321 e. The number of carbonyl (C=O) groups is 2. The summed E-state index contributed by atoms with van der Waals surface area (Å²) in [6, 6.07) is 8.00. The van der Waals surface area contributed by atoms with E-state index in [-0.39, 0.29) is 23.6 Å². The SMILES string of the molecule is CCCc1ccccc1NC(=O)N1CCC2(CC[C@@H](CNC(C)=O)O2)CC1. The van der Waals surface area contributed by atoms with Crippen molar-refractivity contribution in [3.63, 3.8) is 0 Å². The maximum Gasteiger partial charge on any atom is 0.321 e. The Hall–Kier alpha value is -2.08. The van der Waals surface area contributed by atoms with Crippen molar-refractivity contribution in [1.82, 2.24) is 10.2 Å². The third-order valence-electron chi connectivity index (χ3n) is 5.66. The second-order valence-electron chi connectivity index (χ2n) is 7.72. The van der Waals surface area contributed by atoms with Crippen molar-refractivity contribution in [3.05, 3.63) is 29.8 Å². The molecule has 2 saturated heterocycles. The van der Waals surface area contributed by atoms with E-state index in [1.54, 1.807) is 0 Å². The molecule has 1 spiro atoms. The lowest BCUT2D eigenvalue weighted by molar-refractivity contribution is -0.120. The molecule has 3 amide bonds. The summed E-state index contributed by atoms with van der Waals surface area (Å²) in [6.45, 7) is 5.66. The van der Waals surface area contributed by atoms with Gasteiger partial charge in [0.25, 0.3) is 0 Å². The van der Waals surface area contributed by atoms with Crippen LogP contribution in [0.4, 0.5) is 10.5 Å². The van der Waals surface area contributed by atoms with Crippen molar-refractivity contribution in [2.75, 3.05) is 25.0 Å². The highest BCUT2D eigenvalue weighted by Gasteiger charge is 2.43. The Morgan fingerprint density at radius 3 is 2.67 bits per heavy atom. The molecule has 1 aromatic rings. The number of anilines is 1. The monoisotopic (exact) mass is 373 g/mol. The van der Waals surface area contributed by atoms with E-state index in [4.69, 9.17) is 4.74 Å². The number of rotatable bonds is 5. The number of likely N-dealkylation sites (tertiary alicyclic amines) is 1. The largest absolute Gasteiger partial charge is 0.370 e. The number of amides is 3. The predicted octanol–water partition coefficient (Wildman–Crippen LogP) is 3.32. The number of para-hydroxylation sites is 1. The number of nitrogens with zero attached hydrogens (tertiary/aromatic N) is 1. The molecule has 2 aliphatic heterocycles. The van der Waals surface area contributed by atoms with E-state index in [9.17, 15) is 9.59 Å². The van der Waals surface area contributed by atoms with Crippen LogP contribution in [0.5, 0.6) is 0 Å². The lowest BCUT2D eigenvalue weighted by atomic mass is 9.88. The van der Waals surface area contributed by atoms with Crippen molar-refractivity contribution in [1.29, 1.82) is 0 Å². The molecular weight excluding hydrogens is 342 g/mol. The van der Waals surface area contributed by atoms with Crippen LogP contribution < -0.4 is 10.6 Å². The fraction of sp³-hybridized carbons (Fsp3) is 0.619. The van der Waals surface area contributed by atoms with E-state index in [0.29, 0.717) is 19.6 Å². The van der Waals surface area contributed by atoms with E-state index in [0.717, 1.165) is 44.2 Å². The Morgan fingerprint density at radius 1 is 1.22 bits per heavy atom. The molecule has 3 rings (SSSR count). The Balaban J connectivity index is 1.51. The summed E-state index contributed by atoms with van der Waals surface area (Å²) in [4.78, 5) is 25.7. The third-order valence-corrected chi connectivity index (χ3v) is 5.66. The Labute approximate surface area is 161 Å². The van der Waals surface area contributed by atoms with Gasteiger partial charge in [-0.05, 0) is 43.7 Å². The van der Waals surface area contributed by atoms with E-state index >= 15 is 0 Å². The lowest BCUT2D eigenvalue weighted by Gasteiger charge is -2.39. The minimum atomic E-state index is -0.125. The molecule has 0 aliphatic carbocycles. The van der Waals surface area contributed by atoms with Gasteiger partial charge in [0.2, 0.25) is 5.91 Å². The maximum atomic E-state index is 12.7. The third kappa shape index (κ3) is 5.01. The zero-order valence-corrected chi connectivity index (χ0v) is 16.4. The molecule has 2 fully saturated rings. The van der Waals surface area contributed by atoms with Crippen LogP contribution in [0, 0.1) is 0 Å². The molecule has 2 heterocycles. The zero-order valence-electron chi connectivity index (χ0n) is 16.4. The van der Waals surface area contributed by atoms with Gasteiger partial charge in [0, 0.05) is 32.2 Å². The molecule has 1 atom stereocenters. The number of piperidine rings is 1. The van der Waals surface area contributed by atoms with E-state index in [1.165, 1.54) is 12.5 Å². The average molecular weight is 373 g/mol. The first-order chi connectivity index (χ1) is 13.0. The molecule has 2 aliphatic rings. The van der Waals surface area contributed by atoms with Gasteiger partial charge >= 0.3 is 6.03 Å². The maximum absolute atomic E-state index is 12.7. The van der Waals surface area contributed by atoms with Gasteiger partial charge < -0.3 is 20.3 Å². The molecular formula is C21H31N3O3. The standard InChI is InChI=1S/C21H31N3O3/c1-3-6-17-7-4-5-8-19(17)23-20(26)24-13-11-21(12-14-24)10-9-18(27-21)15-22-16(2)25/h4-5,7-8,18H,3,6,9-15H2,1-2H3,(H,22,25)(H,23,26)/t18-/m0/s1. The summed E-state index contributed by atoms with van der Waals surface area (Å²) in [5.74, 6) is -0.0191. The van der Waals surface area contributed by atoms with Gasteiger partial charge in [-0.2, -0.15) is 0 Å². The van der Waals surface area contributed by atoms with Crippen LogP contribution in [0.25, 0.3) is 0 Å². The molecule has 6 nitrogen and oxygen atoms in total. The van der Waals surface area contributed by atoms with Crippen molar-refractivity contribution in [2.45, 2.75) is 64.1 Å².